The molecule has 1 aromatic carbocycles. The first-order valence-corrected chi connectivity index (χ1v) is 6.41. The largest absolute Gasteiger partial charge is 0.224 e. The van der Waals surface area contributed by atoms with Gasteiger partial charge in [0.1, 0.15) is 0 Å². The van der Waals surface area contributed by atoms with Crippen molar-refractivity contribution in [1.82, 2.24) is 0 Å². The second kappa shape index (κ2) is 3.51. The number of sulfone groups is 1. The van der Waals surface area contributed by atoms with E-state index >= 15 is 0 Å². The van der Waals surface area contributed by atoms with Crippen LogP contribution in [0.1, 0.15) is 0 Å². The molecule has 0 aliphatic carbocycles. The molecule has 0 atom stereocenters. The number of benzene rings is 1. The zero-order valence-corrected chi connectivity index (χ0v) is 9.94. The molecule has 0 radical (unpaired) electrons. The molecule has 2 nitrogen and oxygen atoms in total. The lowest BCUT2D eigenvalue weighted by atomic mass is 10.4. The maximum Gasteiger partial charge on any atom is 0.176 e. The fourth-order valence-corrected chi connectivity index (χ4v) is 2.78. The van der Waals surface area contributed by atoms with Crippen molar-refractivity contribution >= 4 is 44.0 Å². The molecule has 0 saturated carbocycles. The summed E-state index contributed by atoms with van der Waals surface area (Å²) in [6, 6.07) is 4.85. The number of rotatable bonds is 1. The standard InChI is InChI=1S/C7H6ClIO2S/c1-12(10,11)7-3-2-5(9)4-6(7)8/h2-4H,1H3. The third-order valence-electron chi connectivity index (χ3n) is 1.29. The lowest BCUT2D eigenvalue weighted by molar-refractivity contribution is 0.602. The molecule has 0 amide bonds. The fraction of sp³-hybridized carbons (Fsp3) is 0.143. The molecule has 0 bridgehead atoms. The summed E-state index contributed by atoms with van der Waals surface area (Å²) < 4.78 is 23.1. The summed E-state index contributed by atoms with van der Waals surface area (Å²) in [6.45, 7) is 0. The van der Waals surface area contributed by atoms with Crippen molar-refractivity contribution in [1.29, 1.82) is 0 Å². The summed E-state index contributed by atoms with van der Waals surface area (Å²) in [5.41, 5.74) is 0. The molecular weight excluding hydrogens is 310 g/mol. The van der Waals surface area contributed by atoms with E-state index in [0.29, 0.717) is 0 Å². The van der Waals surface area contributed by atoms with Gasteiger partial charge >= 0.3 is 0 Å². The van der Waals surface area contributed by atoms with Crippen LogP contribution in [0.5, 0.6) is 0 Å². The van der Waals surface area contributed by atoms with Crippen LogP contribution in [-0.2, 0) is 9.84 Å². The number of hydrogen-bond donors (Lipinski definition) is 0. The van der Waals surface area contributed by atoms with Gasteiger partial charge < -0.3 is 0 Å². The Hall–Kier alpha value is 0.190. The van der Waals surface area contributed by atoms with E-state index in [-0.39, 0.29) is 9.92 Å². The van der Waals surface area contributed by atoms with Gasteiger partial charge in [-0.25, -0.2) is 8.42 Å². The minimum atomic E-state index is -3.19. The van der Waals surface area contributed by atoms with Crippen molar-refractivity contribution in [3.8, 4) is 0 Å². The molecule has 0 aromatic heterocycles. The molecule has 12 heavy (non-hydrogen) atoms. The van der Waals surface area contributed by atoms with E-state index in [4.69, 9.17) is 11.6 Å². The van der Waals surface area contributed by atoms with Gasteiger partial charge in [0.15, 0.2) is 9.84 Å². The van der Waals surface area contributed by atoms with Crippen molar-refractivity contribution < 1.29 is 8.42 Å². The molecule has 1 rings (SSSR count). The van der Waals surface area contributed by atoms with E-state index in [1.54, 1.807) is 12.1 Å². The van der Waals surface area contributed by atoms with Crippen LogP contribution in [0.15, 0.2) is 23.1 Å². The monoisotopic (exact) mass is 316 g/mol. The van der Waals surface area contributed by atoms with E-state index in [9.17, 15) is 8.42 Å². The minimum absolute atomic E-state index is 0.185. The Morgan fingerprint density at radius 2 is 2.00 bits per heavy atom. The highest BCUT2D eigenvalue weighted by Gasteiger charge is 2.11. The summed E-state index contributed by atoms with van der Waals surface area (Å²) in [5, 5.41) is 0.282. The molecule has 0 aliphatic rings. The highest BCUT2D eigenvalue weighted by atomic mass is 127. The SMILES string of the molecule is CS(=O)(=O)c1ccc(I)cc1Cl. The average Bonchev–Trinajstić information content (AvgIpc) is 1.83. The maximum atomic E-state index is 11.1. The summed E-state index contributed by atoms with van der Waals surface area (Å²) in [6.07, 6.45) is 1.14. The van der Waals surface area contributed by atoms with Crippen LogP contribution in [0.25, 0.3) is 0 Å². The third-order valence-corrected chi connectivity index (χ3v) is 3.54. The Morgan fingerprint density at radius 3 is 2.42 bits per heavy atom. The molecule has 5 heteroatoms. The first kappa shape index (κ1) is 10.3. The normalized spacial score (nSPS) is 11.6. The zero-order chi connectivity index (χ0) is 9.35. The van der Waals surface area contributed by atoms with Crippen molar-refractivity contribution in [2.45, 2.75) is 4.90 Å². The van der Waals surface area contributed by atoms with Crippen LogP contribution in [-0.4, -0.2) is 14.7 Å². The van der Waals surface area contributed by atoms with Gasteiger partial charge in [-0.05, 0) is 40.8 Å². The van der Waals surface area contributed by atoms with Crippen molar-refractivity contribution in [2.24, 2.45) is 0 Å². The van der Waals surface area contributed by atoms with E-state index in [0.717, 1.165) is 9.83 Å². The van der Waals surface area contributed by atoms with Gasteiger partial charge in [-0.3, -0.25) is 0 Å². The number of hydrogen-bond acceptors (Lipinski definition) is 2. The van der Waals surface area contributed by atoms with Crippen LogP contribution in [0.2, 0.25) is 5.02 Å². The van der Waals surface area contributed by atoms with Gasteiger partial charge in [0.05, 0.1) is 9.92 Å². The minimum Gasteiger partial charge on any atom is -0.224 e. The molecule has 0 heterocycles. The van der Waals surface area contributed by atoms with E-state index in [2.05, 4.69) is 22.6 Å². The zero-order valence-electron chi connectivity index (χ0n) is 6.21. The maximum absolute atomic E-state index is 11.1. The van der Waals surface area contributed by atoms with Gasteiger partial charge in [0, 0.05) is 9.83 Å². The first-order valence-electron chi connectivity index (χ1n) is 3.06. The quantitative estimate of drug-likeness (QED) is 0.745. The van der Waals surface area contributed by atoms with E-state index < -0.39 is 9.84 Å². The summed E-state index contributed by atoms with van der Waals surface area (Å²) in [5.74, 6) is 0. The predicted octanol–water partition coefficient (Wildman–Crippen LogP) is 2.35. The molecule has 66 valence electrons. The Morgan fingerprint density at radius 1 is 1.42 bits per heavy atom. The predicted molar refractivity (Wildman–Crippen MR) is 57.3 cm³/mol. The van der Waals surface area contributed by atoms with Crippen molar-refractivity contribution in [3.05, 3.63) is 26.8 Å². The van der Waals surface area contributed by atoms with Gasteiger partial charge in [0.25, 0.3) is 0 Å². The number of halogens is 2. The summed E-state index contributed by atoms with van der Waals surface area (Å²) >= 11 is 7.80. The molecule has 1 aromatic rings. The van der Waals surface area contributed by atoms with Gasteiger partial charge in [0.2, 0.25) is 0 Å². The smallest absolute Gasteiger partial charge is 0.176 e. The highest BCUT2D eigenvalue weighted by Crippen LogP contribution is 2.22. The van der Waals surface area contributed by atoms with E-state index in [1.807, 2.05) is 0 Å². The summed E-state index contributed by atoms with van der Waals surface area (Å²) in [7, 11) is -3.19. The molecule has 0 saturated heterocycles. The Bertz CT molecular complexity index is 400. The molecule has 0 fully saturated rings. The van der Waals surface area contributed by atoms with Gasteiger partial charge in [-0.2, -0.15) is 0 Å². The fourth-order valence-electron chi connectivity index (χ4n) is 0.776. The second-order valence-corrected chi connectivity index (χ2v) is 5.98. The Kier molecular flexibility index (Phi) is 3.01. The first-order chi connectivity index (χ1) is 5.41. The van der Waals surface area contributed by atoms with Crippen LogP contribution < -0.4 is 0 Å². The molecular formula is C7H6ClIO2S. The van der Waals surface area contributed by atoms with Gasteiger partial charge in [-0.1, -0.05) is 11.6 Å². The second-order valence-electron chi connectivity index (χ2n) is 2.35. The lowest BCUT2D eigenvalue weighted by Gasteiger charge is -2.00. The average molecular weight is 317 g/mol. The molecule has 0 N–H and O–H groups in total. The Balaban J connectivity index is 3.39. The van der Waals surface area contributed by atoms with Crippen LogP contribution >= 0.6 is 34.2 Å². The van der Waals surface area contributed by atoms with Crippen molar-refractivity contribution in [3.63, 3.8) is 0 Å². The third kappa shape index (κ3) is 2.34. The Labute approximate surface area is 90.0 Å². The molecule has 0 unspecified atom stereocenters. The molecule has 0 aliphatic heterocycles. The van der Waals surface area contributed by atoms with E-state index in [1.165, 1.54) is 6.07 Å². The lowest BCUT2D eigenvalue weighted by Crippen LogP contribution is -1.97. The van der Waals surface area contributed by atoms with Crippen molar-refractivity contribution in [2.75, 3.05) is 6.26 Å². The summed E-state index contributed by atoms with van der Waals surface area (Å²) in [4.78, 5) is 0.185. The van der Waals surface area contributed by atoms with Crippen LogP contribution in [0.4, 0.5) is 0 Å². The topological polar surface area (TPSA) is 34.1 Å². The van der Waals surface area contributed by atoms with Gasteiger partial charge in [-0.15, -0.1) is 0 Å². The molecule has 0 spiro atoms. The highest BCUT2D eigenvalue weighted by molar-refractivity contribution is 14.1. The van der Waals surface area contributed by atoms with Crippen LogP contribution in [0.3, 0.4) is 0 Å². The van der Waals surface area contributed by atoms with Crippen LogP contribution in [0, 0.1) is 3.57 Å².